The minimum absolute atomic E-state index is 0.00365. The lowest BCUT2D eigenvalue weighted by Gasteiger charge is -2.26. The number of aliphatic hydroxyl groups is 1. The monoisotopic (exact) mass is 513 g/mol. The van der Waals surface area contributed by atoms with Gasteiger partial charge in [0.25, 0.3) is 11.7 Å². The van der Waals surface area contributed by atoms with Crippen LogP contribution in [0.2, 0.25) is 0 Å². The lowest BCUT2D eigenvalue weighted by molar-refractivity contribution is -0.139. The minimum Gasteiger partial charge on any atom is -0.507 e. The lowest BCUT2D eigenvalue weighted by Crippen LogP contribution is -2.29. The third-order valence-corrected chi connectivity index (χ3v) is 6.41. The normalized spacial score (nSPS) is 16.7. The number of nitrogens with zero attached hydrogens (tertiary/aromatic N) is 1. The van der Waals surface area contributed by atoms with Gasteiger partial charge in [0.1, 0.15) is 11.5 Å². The molecule has 1 saturated heterocycles. The molecule has 1 aliphatic rings. The van der Waals surface area contributed by atoms with Gasteiger partial charge in [-0.2, -0.15) is 0 Å². The molecule has 1 heterocycles. The topological polar surface area (TPSA) is 93.1 Å². The molecular weight excluding hydrogens is 482 g/mol. The zero-order valence-electron chi connectivity index (χ0n) is 21.9. The second-order valence-corrected chi connectivity index (χ2v) is 9.68. The fourth-order valence-electron chi connectivity index (χ4n) is 4.45. The van der Waals surface area contributed by atoms with Gasteiger partial charge >= 0.3 is 5.97 Å². The fraction of sp³-hybridized carbons (Fsp3) is 0.258. The van der Waals surface area contributed by atoms with E-state index in [0.717, 1.165) is 11.1 Å². The van der Waals surface area contributed by atoms with Crippen LogP contribution in [0.15, 0.2) is 78.4 Å². The average molecular weight is 514 g/mol. The van der Waals surface area contributed by atoms with Crippen molar-refractivity contribution in [3.63, 3.8) is 0 Å². The summed E-state index contributed by atoms with van der Waals surface area (Å²) in [6.07, 6.45) is 0.0893. The van der Waals surface area contributed by atoms with Crippen molar-refractivity contribution in [3.05, 3.63) is 101 Å². The summed E-state index contributed by atoms with van der Waals surface area (Å²) in [6, 6.07) is 20.3. The van der Waals surface area contributed by atoms with Gasteiger partial charge in [-0.1, -0.05) is 62.4 Å². The number of aliphatic hydroxyl groups excluding tert-OH is 1. The SMILES string of the molecule is COC(=O)Cc1ccc(N2C(=O)C(=O)/C(=C(/O)c3cccc(OCC(C)C)c3)C2c2ccccc2C)cc1. The number of carbonyl (C=O) groups excluding carboxylic acids is 3. The van der Waals surface area contributed by atoms with Gasteiger partial charge in [-0.3, -0.25) is 19.3 Å². The molecule has 0 spiro atoms. The molecule has 1 fully saturated rings. The first-order valence-corrected chi connectivity index (χ1v) is 12.5. The molecule has 196 valence electrons. The van der Waals surface area contributed by atoms with Crippen LogP contribution >= 0.6 is 0 Å². The third kappa shape index (κ3) is 5.47. The Morgan fingerprint density at radius 2 is 1.71 bits per heavy atom. The van der Waals surface area contributed by atoms with Crippen molar-refractivity contribution >= 4 is 29.1 Å². The lowest BCUT2D eigenvalue weighted by atomic mass is 9.92. The number of aryl methyl sites for hydroxylation is 1. The number of Topliss-reactive ketones (excluding diaryl/α,β-unsaturated/α-hetero) is 1. The number of ether oxygens (including phenoxy) is 2. The van der Waals surface area contributed by atoms with Gasteiger partial charge in [0, 0.05) is 11.3 Å². The Bertz CT molecular complexity index is 1390. The van der Waals surface area contributed by atoms with Crippen LogP contribution in [0.1, 0.15) is 42.1 Å². The summed E-state index contributed by atoms with van der Waals surface area (Å²) >= 11 is 0. The highest BCUT2D eigenvalue weighted by atomic mass is 16.5. The second-order valence-electron chi connectivity index (χ2n) is 9.68. The van der Waals surface area contributed by atoms with E-state index in [-0.39, 0.29) is 23.7 Å². The van der Waals surface area contributed by atoms with Crippen molar-refractivity contribution < 1.29 is 29.0 Å². The standard InChI is InChI=1S/C31H31NO6/c1-19(2)18-38-24-10-7-9-22(17-24)29(34)27-28(25-11-6-5-8-20(25)3)32(31(36)30(27)35)23-14-12-21(13-15-23)16-26(33)37-4/h5-15,17,19,28,34H,16,18H2,1-4H3/b29-27+. The number of rotatable bonds is 8. The van der Waals surface area contributed by atoms with Gasteiger partial charge < -0.3 is 14.6 Å². The highest BCUT2D eigenvalue weighted by molar-refractivity contribution is 6.51. The zero-order valence-corrected chi connectivity index (χ0v) is 21.9. The maximum Gasteiger partial charge on any atom is 0.309 e. The van der Waals surface area contributed by atoms with E-state index in [1.54, 1.807) is 48.5 Å². The smallest absolute Gasteiger partial charge is 0.309 e. The first-order chi connectivity index (χ1) is 18.2. The van der Waals surface area contributed by atoms with Crippen LogP contribution in [0.3, 0.4) is 0 Å². The van der Waals surface area contributed by atoms with Crippen molar-refractivity contribution in [2.75, 3.05) is 18.6 Å². The molecule has 7 heteroatoms. The first-order valence-electron chi connectivity index (χ1n) is 12.5. The summed E-state index contributed by atoms with van der Waals surface area (Å²) in [5, 5.41) is 11.4. The third-order valence-electron chi connectivity index (χ3n) is 6.41. The number of ketones is 1. The van der Waals surface area contributed by atoms with Gasteiger partial charge in [0.2, 0.25) is 0 Å². The summed E-state index contributed by atoms with van der Waals surface area (Å²) in [6.45, 7) is 6.48. The van der Waals surface area contributed by atoms with Crippen LogP contribution in [0.4, 0.5) is 5.69 Å². The van der Waals surface area contributed by atoms with E-state index in [0.29, 0.717) is 35.1 Å². The van der Waals surface area contributed by atoms with Crippen LogP contribution in [-0.2, 0) is 25.5 Å². The van der Waals surface area contributed by atoms with E-state index in [1.165, 1.54) is 12.0 Å². The molecule has 1 unspecified atom stereocenters. The molecule has 0 bridgehead atoms. The Labute approximate surface area is 222 Å². The maximum absolute atomic E-state index is 13.4. The number of esters is 1. The predicted octanol–water partition coefficient (Wildman–Crippen LogP) is 5.37. The van der Waals surface area contributed by atoms with Crippen molar-refractivity contribution in [2.45, 2.75) is 33.2 Å². The molecule has 1 N–H and O–H groups in total. The molecule has 0 radical (unpaired) electrons. The van der Waals surface area contributed by atoms with Gasteiger partial charge in [0.05, 0.1) is 31.8 Å². The Balaban J connectivity index is 1.82. The van der Waals surface area contributed by atoms with Crippen molar-refractivity contribution in [1.82, 2.24) is 0 Å². The number of amides is 1. The molecule has 38 heavy (non-hydrogen) atoms. The van der Waals surface area contributed by atoms with Crippen LogP contribution < -0.4 is 9.64 Å². The van der Waals surface area contributed by atoms with Gasteiger partial charge in [-0.05, 0) is 53.8 Å². The highest BCUT2D eigenvalue weighted by Crippen LogP contribution is 2.43. The second kappa shape index (κ2) is 11.3. The molecule has 4 rings (SSSR count). The molecule has 1 aliphatic heterocycles. The minimum atomic E-state index is -0.845. The molecular formula is C31H31NO6. The highest BCUT2D eigenvalue weighted by Gasteiger charge is 2.47. The maximum atomic E-state index is 13.4. The molecule has 0 saturated carbocycles. The summed E-state index contributed by atoms with van der Waals surface area (Å²) in [7, 11) is 1.32. The summed E-state index contributed by atoms with van der Waals surface area (Å²) < 4.78 is 10.5. The average Bonchev–Trinajstić information content (AvgIpc) is 3.17. The van der Waals surface area contributed by atoms with Gasteiger partial charge in [-0.15, -0.1) is 0 Å². The van der Waals surface area contributed by atoms with E-state index in [2.05, 4.69) is 0 Å². The van der Waals surface area contributed by atoms with Crippen LogP contribution in [0, 0.1) is 12.8 Å². The molecule has 0 aromatic heterocycles. The molecule has 1 amide bonds. The van der Waals surface area contributed by atoms with E-state index in [4.69, 9.17) is 9.47 Å². The van der Waals surface area contributed by atoms with Crippen LogP contribution in [0.25, 0.3) is 5.76 Å². The Morgan fingerprint density at radius 3 is 2.37 bits per heavy atom. The largest absolute Gasteiger partial charge is 0.507 e. The Hall–Kier alpha value is -4.39. The van der Waals surface area contributed by atoms with Gasteiger partial charge in [-0.25, -0.2) is 0 Å². The summed E-state index contributed by atoms with van der Waals surface area (Å²) in [5.74, 6) is -1.28. The fourth-order valence-corrected chi connectivity index (χ4v) is 4.45. The Morgan fingerprint density at radius 1 is 1.00 bits per heavy atom. The number of benzene rings is 3. The number of hydrogen-bond acceptors (Lipinski definition) is 6. The van der Waals surface area contributed by atoms with E-state index >= 15 is 0 Å². The number of carbonyl (C=O) groups is 3. The van der Waals surface area contributed by atoms with Gasteiger partial charge in [0.15, 0.2) is 0 Å². The number of methoxy groups -OCH3 is 1. The number of anilines is 1. The summed E-state index contributed by atoms with van der Waals surface area (Å²) in [4.78, 5) is 39.9. The first kappa shape index (κ1) is 26.7. The van der Waals surface area contributed by atoms with E-state index < -0.39 is 17.7 Å². The molecule has 3 aromatic rings. The van der Waals surface area contributed by atoms with Crippen molar-refractivity contribution in [2.24, 2.45) is 5.92 Å². The van der Waals surface area contributed by atoms with Crippen LogP contribution in [0.5, 0.6) is 5.75 Å². The van der Waals surface area contributed by atoms with Crippen LogP contribution in [-0.4, -0.2) is 36.5 Å². The quantitative estimate of drug-likeness (QED) is 0.188. The Kier molecular flexibility index (Phi) is 7.96. The van der Waals surface area contributed by atoms with Crippen molar-refractivity contribution in [3.8, 4) is 5.75 Å². The summed E-state index contributed by atoms with van der Waals surface area (Å²) in [5.41, 5.74) is 3.16. The van der Waals surface area contributed by atoms with E-state index in [9.17, 15) is 19.5 Å². The number of hydrogen-bond donors (Lipinski definition) is 1. The van der Waals surface area contributed by atoms with Crippen molar-refractivity contribution in [1.29, 1.82) is 0 Å². The molecule has 0 aliphatic carbocycles. The predicted molar refractivity (Wildman–Crippen MR) is 145 cm³/mol. The zero-order chi connectivity index (χ0) is 27.4. The molecule has 1 atom stereocenters. The van der Waals surface area contributed by atoms with E-state index in [1.807, 2.05) is 45.0 Å². The molecule has 7 nitrogen and oxygen atoms in total. The molecule has 3 aromatic carbocycles.